The Balaban J connectivity index is 3.52. The van der Waals surface area contributed by atoms with E-state index in [-0.39, 0.29) is 11.6 Å². The van der Waals surface area contributed by atoms with Crippen LogP contribution in [-0.2, 0) is 0 Å². The predicted molar refractivity (Wildman–Crippen MR) is 70.0 cm³/mol. The minimum absolute atomic E-state index is 0.00255. The fourth-order valence-electron chi connectivity index (χ4n) is 1.46. The van der Waals surface area contributed by atoms with Crippen molar-refractivity contribution in [2.75, 3.05) is 12.5 Å². The van der Waals surface area contributed by atoms with Gasteiger partial charge in [-0.1, -0.05) is 0 Å². The molecule has 2 nitrogen and oxygen atoms in total. The topological polar surface area (TPSA) is 34.1 Å². The molecule has 0 aliphatic heterocycles. The average Bonchev–Trinajstić information content (AvgIpc) is 2.26. The van der Waals surface area contributed by atoms with Crippen molar-refractivity contribution in [2.45, 2.75) is 23.6 Å². The van der Waals surface area contributed by atoms with Crippen LogP contribution < -0.4 is 0 Å². The molecular formula is C12H14O2S2. The molecule has 86 valence electrons. The Morgan fingerprint density at radius 3 is 1.62 bits per heavy atom. The summed E-state index contributed by atoms with van der Waals surface area (Å²) in [6, 6.07) is 3.70. The third-order valence-corrected chi connectivity index (χ3v) is 3.82. The summed E-state index contributed by atoms with van der Waals surface area (Å²) in [7, 11) is 0. The van der Waals surface area contributed by atoms with Crippen LogP contribution in [0.25, 0.3) is 0 Å². The van der Waals surface area contributed by atoms with E-state index >= 15 is 0 Å². The first kappa shape index (κ1) is 13.3. The van der Waals surface area contributed by atoms with Gasteiger partial charge in [0.25, 0.3) is 0 Å². The van der Waals surface area contributed by atoms with Crippen LogP contribution in [0.15, 0.2) is 21.9 Å². The van der Waals surface area contributed by atoms with Crippen molar-refractivity contribution in [1.29, 1.82) is 0 Å². The van der Waals surface area contributed by atoms with E-state index in [0.717, 1.165) is 9.79 Å². The molecule has 0 saturated heterocycles. The molecule has 4 heteroatoms. The van der Waals surface area contributed by atoms with Crippen LogP contribution in [0.2, 0.25) is 0 Å². The minimum Gasteiger partial charge on any atom is -0.294 e. The lowest BCUT2D eigenvalue weighted by Gasteiger charge is -2.11. The second-order valence-electron chi connectivity index (χ2n) is 3.37. The van der Waals surface area contributed by atoms with Gasteiger partial charge in [0.1, 0.15) is 0 Å². The van der Waals surface area contributed by atoms with E-state index in [1.54, 1.807) is 0 Å². The number of carbonyl (C=O) groups excluding carboxylic acids is 2. The Kier molecular flexibility index (Phi) is 4.62. The van der Waals surface area contributed by atoms with Gasteiger partial charge in [-0.2, -0.15) is 0 Å². The van der Waals surface area contributed by atoms with E-state index in [1.807, 2.05) is 24.6 Å². The minimum atomic E-state index is 0.00255. The second-order valence-corrected chi connectivity index (χ2v) is 5.06. The number of hydrogen-bond donors (Lipinski definition) is 0. The Morgan fingerprint density at radius 1 is 0.938 bits per heavy atom. The lowest BCUT2D eigenvalue weighted by molar-refractivity contribution is 0.101. The Labute approximate surface area is 104 Å². The molecule has 0 unspecified atom stereocenters. The summed E-state index contributed by atoms with van der Waals surface area (Å²) in [5.41, 5.74) is 1.29. The number of carbonyl (C=O) groups is 2. The van der Waals surface area contributed by atoms with Crippen LogP contribution in [0.5, 0.6) is 0 Å². The third-order valence-electron chi connectivity index (χ3n) is 2.26. The smallest absolute Gasteiger partial charge is 0.160 e. The zero-order valence-electron chi connectivity index (χ0n) is 9.79. The molecule has 0 aliphatic carbocycles. The van der Waals surface area contributed by atoms with Gasteiger partial charge in [-0.15, -0.1) is 23.5 Å². The van der Waals surface area contributed by atoms with Crippen molar-refractivity contribution in [2.24, 2.45) is 0 Å². The van der Waals surface area contributed by atoms with Gasteiger partial charge >= 0.3 is 0 Å². The summed E-state index contributed by atoms with van der Waals surface area (Å²) in [5.74, 6) is 0.00509. The monoisotopic (exact) mass is 254 g/mol. The molecule has 1 rings (SSSR count). The fraction of sp³-hybridized carbons (Fsp3) is 0.333. The van der Waals surface area contributed by atoms with Crippen LogP contribution in [-0.4, -0.2) is 24.1 Å². The van der Waals surface area contributed by atoms with Gasteiger partial charge in [-0.25, -0.2) is 0 Å². The van der Waals surface area contributed by atoms with Crippen LogP contribution in [0.4, 0.5) is 0 Å². The first-order chi connectivity index (χ1) is 7.51. The Bertz CT molecular complexity index is 404. The van der Waals surface area contributed by atoms with Crippen molar-refractivity contribution >= 4 is 35.1 Å². The largest absolute Gasteiger partial charge is 0.294 e. The van der Waals surface area contributed by atoms with Gasteiger partial charge in [0, 0.05) is 20.9 Å². The van der Waals surface area contributed by atoms with Crippen molar-refractivity contribution in [3.8, 4) is 0 Å². The first-order valence-electron chi connectivity index (χ1n) is 4.79. The predicted octanol–water partition coefficient (Wildman–Crippen LogP) is 3.54. The summed E-state index contributed by atoms with van der Waals surface area (Å²) in [6.07, 6.45) is 3.81. The molecule has 0 saturated carbocycles. The van der Waals surface area contributed by atoms with E-state index in [9.17, 15) is 9.59 Å². The lowest BCUT2D eigenvalue weighted by atomic mass is 10.1. The maximum absolute atomic E-state index is 11.5. The van der Waals surface area contributed by atoms with Crippen molar-refractivity contribution < 1.29 is 9.59 Å². The molecule has 1 aromatic carbocycles. The number of ketones is 2. The van der Waals surface area contributed by atoms with Crippen LogP contribution in [0, 0.1) is 0 Å². The number of Topliss-reactive ketones (excluding diaryl/α,β-unsaturated/α-hetero) is 2. The summed E-state index contributed by atoms with van der Waals surface area (Å²) in [4.78, 5) is 24.8. The number of hydrogen-bond acceptors (Lipinski definition) is 4. The van der Waals surface area contributed by atoms with Crippen molar-refractivity contribution in [1.82, 2.24) is 0 Å². The molecule has 0 spiro atoms. The standard InChI is InChI=1S/C12H14O2S2/c1-7(13)10-5-9(15-3)6-11(8(2)14)12(10)16-4/h5-6H,1-4H3. The Hall–Kier alpha value is -0.740. The molecule has 0 bridgehead atoms. The first-order valence-corrected chi connectivity index (χ1v) is 7.24. The zero-order valence-corrected chi connectivity index (χ0v) is 11.4. The average molecular weight is 254 g/mol. The quantitative estimate of drug-likeness (QED) is 0.608. The summed E-state index contributed by atoms with van der Waals surface area (Å²) < 4.78 is 0. The van der Waals surface area contributed by atoms with Crippen molar-refractivity contribution in [3.05, 3.63) is 23.3 Å². The Morgan fingerprint density at radius 2 is 1.38 bits per heavy atom. The summed E-state index contributed by atoms with van der Waals surface area (Å²) >= 11 is 2.98. The van der Waals surface area contributed by atoms with Crippen LogP contribution >= 0.6 is 23.5 Å². The second kappa shape index (κ2) is 5.55. The van der Waals surface area contributed by atoms with E-state index in [2.05, 4.69) is 0 Å². The van der Waals surface area contributed by atoms with E-state index < -0.39 is 0 Å². The highest BCUT2D eigenvalue weighted by molar-refractivity contribution is 7.99. The highest BCUT2D eigenvalue weighted by Crippen LogP contribution is 2.30. The fourth-order valence-corrected chi connectivity index (χ4v) is 2.78. The lowest BCUT2D eigenvalue weighted by Crippen LogP contribution is -2.03. The molecule has 0 aromatic heterocycles. The highest BCUT2D eigenvalue weighted by atomic mass is 32.2. The molecule has 0 atom stereocenters. The molecule has 0 heterocycles. The van der Waals surface area contributed by atoms with Gasteiger partial charge in [-0.3, -0.25) is 9.59 Å². The SMILES string of the molecule is CSc1cc(C(C)=O)c(SC)c(C(C)=O)c1. The molecular weight excluding hydrogens is 240 g/mol. The van der Waals surface area contributed by atoms with Gasteiger partial charge in [0.05, 0.1) is 0 Å². The number of thioether (sulfide) groups is 2. The number of rotatable bonds is 4. The third kappa shape index (κ3) is 2.68. The van der Waals surface area contributed by atoms with Gasteiger partial charge in [-0.05, 0) is 38.5 Å². The molecule has 16 heavy (non-hydrogen) atoms. The van der Waals surface area contributed by atoms with Crippen molar-refractivity contribution in [3.63, 3.8) is 0 Å². The van der Waals surface area contributed by atoms with Crippen LogP contribution in [0.1, 0.15) is 34.6 Å². The summed E-state index contributed by atoms with van der Waals surface area (Å²) in [5, 5.41) is 0. The molecule has 0 N–H and O–H groups in total. The van der Waals surface area contributed by atoms with Crippen LogP contribution in [0.3, 0.4) is 0 Å². The maximum atomic E-state index is 11.5. The van der Waals surface area contributed by atoms with Gasteiger partial charge in [0.2, 0.25) is 0 Å². The van der Waals surface area contributed by atoms with E-state index in [1.165, 1.54) is 37.4 Å². The molecule has 0 amide bonds. The zero-order chi connectivity index (χ0) is 12.3. The van der Waals surface area contributed by atoms with E-state index in [4.69, 9.17) is 0 Å². The molecule has 1 aromatic rings. The maximum Gasteiger partial charge on any atom is 0.160 e. The molecule has 0 fully saturated rings. The highest BCUT2D eigenvalue weighted by Gasteiger charge is 2.15. The summed E-state index contributed by atoms with van der Waals surface area (Å²) in [6.45, 7) is 3.06. The van der Waals surface area contributed by atoms with Gasteiger partial charge < -0.3 is 0 Å². The van der Waals surface area contributed by atoms with Gasteiger partial charge in [0.15, 0.2) is 11.6 Å². The molecule has 0 aliphatic rings. The van der Waals surface area contributed by atoms with E-state index in [0.29, 0.717) is 11.1 Å². The normalized spacial score (nSPS) is 10.2. The molecule has 0 radical (unpaired) electrons. The number of benzene rings is 1.